The number of aliphatic hydroxyl groups is 1. The standard InChI is InChI=1S/C19H22N2O6/c1-3-4-9-21-16(23)13-14(17(21)24)19(10-22,18(25)26)20-15(13)11-7-5-6-8-12(11)27-2/h3-8,13-15,20,22H,9-10H2,1-2H3,(H,25,26). The van der Waals surface area contributed by atoms with Gasteiger partial charge >= 0.3 is 5.97 Å². The van der Waals surface area contributed by atoms with Crippen molar-refractivity contribution in [2.24, 2.45) is 11.8 Å². The molecule has 2 saturated heterocycles. The number of nitrogens with one attached hydrogen (secondary N) is 1. The molecule has 0 saturated carbocycles. The van der Waals surface area contributed by atoms with E-state index in [-0.39, 0.29) is 6.54 Å². The lowest BCUT2D eigenvalue weighted by Crippen LogP contribution is -2.58. The average Bonchev–Trinajstić information content (AvgIpc) is 3.15. The van der Waals surface area contributed by atoms with Gasteiger partial charge in [0, 0.05) is 18.2 Å². The van der Waals surface area contributed by atoms with E-state index in [1.54, 1.807) is 43.3 Å². The molecule has 0 aromatic heterocycles. The first kappa shape index (κ1) is 19.1. The quantitative estimate of drug-likeness (QED) is 0.485. The van der Waals surface area contributed by atoms with Gasteiger partial charge in [-0.05, 0) is 13.0 Å². The molecule has 3 rings (SSSR count). The number of benzene rings is 1. The highest BCUT2D eigenvalue weighted by Gasteiger charge is 2.68. The minimum atomic E-state index is -1.94. The molecule has 0 spiro atoms. The fourth-order valence-corrected chi connectivity index (χ4v) is 4.05. The van der Waals surface area contributed by atoms with Gasteiger partial charge in [0.15, 0.2) is 5.54 Å². The molecule has 2 heterocycles. The van der Waals surface area contributed by atoms with Crippen LogP contribution in [0.5, 0.6) is 5.75 Å². The largest absolute Gasteiger partial charge is 0.496 e. The molecule has 0 aliphatic carbocycles. The van der Waals surface area contributed by atoms with Crippen LogP contribution < -0.4 is 10.1 Å². The number of amides is 2. The zero-order valence-electron chi connectivity index (χ0n) is 15.1. The van der Waals surface area contributed by atoms with Gasteiger partial charge in [0.1, 0.15) is 5.75 Å². The van der Waals surface area contributed by atoms with Crippen LogP contribution in [0.25, 0.3) is 0 Å². The third-order valence-corrected chi connectivity index (χ3v) is 5.37. The number of aliphatic hydroxyl groups excluding tert-OH is 1. The first-order valence-corrected chi connectivity index (χ1v) is 8.64. The summed E-state index contributed by atoms with van der Waals surface area (Å²) in [6.45, 7) is 1.02. The second-order valence-electron chi connectivity index (χ2n) is 6.66. The lowest BCUT2D eigenvalue weighted by atomic mass is 9.79. The van der Waals surface area contributed by atoms with E-state index in [0.29, 0.717) is 11.3 Å². The van der Waals surface area contributed by atoms with Crippen LogP contribution in [0.4, 0.5) is 0 Å². The number of likely N-dealkylation sites (tertiary alicyclic amines) is 1. The van der Waals surface area contributed by atoms with Crippen molar-refractivity contribution in [3.63, 3.8) is 0 Å². The molecule has 144 valence electrons. The van der Waals surface area contributed by atoms with Crippen LogP contribution in [0.1, 0.15) is 18.5 Å². The Labute approximate surface area is 156 Å². The first-order valence-electron chi connectivity index (χ1n) is 8.64. The van der Waals surface area contributed by atoms with Crippen molar-refractivity contribution in [2.45, 2.75) is 18.5 Å². The zero-order valence-corrected chi connectivity index (χ0v) is 15.1. The molecule has 2 aliphatic heterocycles. The summed E-state index contributed by atoms with van der Waals surface area (Å²) < 4.78 is 5.35. The molecular formula is C19H22N2O6. The highest BCUT2D eigenvalue weighted by atomic mass is 16.5. The summed E-state index contributed by atoms with van der Waals surface area (Å²) in [7, 11) is 1.47. The van der Waals surface area contributed by atoms with Crippen molar-refractivity contribution in [1.82, 2.24) is 10.2 Å². The first-order chi connectivity index (χ1) is 12.9. The predicted octanol–water partition coefficient (Wildman–Crippen LogP) is 0.332. The highest BCUT2D eigenvalue weighted by Crippen LogP contribution is 2.50. The van der Waals surface area contributed by atoms with E-state index in [1.807, 2.05) is 0 Å². The molecule has 1 aromatic carbocycles. The Bertz CT molecular complexity index is 807. The fourth-order valence-electron chi connectivity index (χ4n) is 4.05. The predicted molar refractivity (Wildman–Crippen MR) is 94.8 cm³/mol. The molecule has 3 N–H and O–H groups in total. The Kier molecular flexibility index (Phi) is 5.03. The number of carboxylic acid groups (broad SMARTS) is 1. The average molecular weight is 374 g/mol. The number of methoxy groups -OCH3 is 1. The molecule has 27 heavy (non-hydrogen) atoms. The van der Waals surface area contributed by atoms with Gasteiger partial charge < -0.3 is 14.9 Å². The number of hydrogen-bond acceptors (Lipinski definition) is 6. The number of nitrogens with zero attached hydrogens (tertiary/aromatic N) is 1. The number of para-hydroxylation sites is 1. The monoisotopic (exact) mass is 374 g/mol. The number of imide groups is 1. The van der Waals surface area contributed by atoms with Crippen LogP contribution >= 0.6 is 0 Å². The topological polar surface area (TPSA) is 116 Å². The van der Waals surface area contributed by atoms with Crippen LogP contribution in [0.3, 0.4) is 0 Å². The normalized spacial score (nSPS) is 30.2. The third-order valence-electron chi connectivity index (χ3n) is 5.37. The lowest BCUT2D eigenvalue weighted by Gasteiger charge is -2.29. The Morgan fingerprint density at radius 2 is 2.04 bits per heavy atom. The van der Waals surface area contributed by atoms with E-state index in [0.717, 1.165) is 4.90 Å². The molecule has 2 amide bonds. The summed E-state index contributed by atoms with van der Waals surface area (Å²) in [4.78, 5) is 39.1. The number of fused-ring (bicyclic) bond motifs is 1. The molecule has 4 atom stereocenters. The summed E-state index contributed by atoms with van der Waals surface area (Å²) in [5.74, 6) is -4.09. The second kappa shape index (κ2) is 7.13. The molecule has 2 fully saturated rings. The Morgan fingerprint density at radius 1 is 1.33 bits per heavy atom. The number of allylic oxidation sites excluding steroid dienone is 1. The molecule has 0 radical (unpaired) electrons. The van der Waals surface area contributed by atoms with Crippen molar-refractivity contribution in [1.29, 1.82) is 0 Å². The number of rotatable bonds is 6. The number of hydrogen-bond donors (Lipinski definition) is 3. The summed E-state index contributed by atoms with van der Waals surface area (Å²) >= 11 is 0. The lowest BCUT2D eigenvalue weighted by molar-refractivity contribution is -0.153. The molecule has 8 heteroatoms. The Morgan fingerprint density at radius 3 is 2.63 bits per heavy atom. The van der Waals surface area contributed by atoms with Gasteiger partial charge in [-0.25, -0.2) is 0 Å². The van der Waals surface area contributed by atoms with Gasteiger partial charge in [0.2, 0.25) is 11.8 Å². The fraction of sp³-hybridized carbons (Fsp3) is 0.421. The molecule has 0 bridgehead atoms. The van der Waals surface area contributed by atoms with Gasteiger partial charge in [0.25, 0.3) is 0 Å². The minimum Gasteiger partial charge on any atom is -0.496 e. The van der Waals surface area contributed by atoms with Crippen molar-refractivity contribution in [3.8, 4) is 5.75 Å². The summed E-state index contributed by atoms with van der Waals surface area (Å²) in [6.07, 6.45) is 3.37. The van der Waals surface area contributed by atoms with Crippen molar-refractivity contribution >= 4 is 17.8 Å². The van der Waals surface area contributed by atoms with E-state index >= 15 is 0 Å². The molecule has 4 unspecified atom stereocenters. The maximum atomic E-state index is 13.0. The van der Waals surface area contributed by atoms with Crippen LogP contribution in [0, 0.1) is 11.8 Å². The number of ether oxygens (including phenoxy) is 1. The third kappa shape index (κ3) is 2.72. The van der Waals surface area contributed by atoms with Gasteiger partial charge in [0.05, 0.1) is 25.6 Å². The number of carboxylic acids is 1. The molecule has 2 aliphatic rings. The SMILES string of the molecule is CC=CCN1C(=O)C2C(c3ccccc3OC)NC(CO)(C(=O)O)C2C1=O. The number of carbonyl (C=O) groups excluding carboxylic acids is 2. The van der Waals surface area contributed by atoms with Crippen LogP contribution in [0.2, 0.25) is 0 Å². The maximum absolute atomic E-state index is 13.0. The second-order valence-corrected chi connectivity index (χ2v) is 6.66. The molecular weight excluding hydrogens is 352 g/mol. The van der Waals surface area contributed by atoms with Crippen LogP contribution in [-0.4, -0.2) is 58.7 Å². The summed E-state index contributed by atoms with van der Waals surface area (Å²) in [5, 5.41) is 22.6. The molecule has 8 nitrogen and oxygen atoms in total. The van der Waals surface area contributed by atoms with Crippen molar-refractivity contribution in [2.75, 3.05) is 20.3 Å². The number of carbonyl (C=O) groups is 3. The van der Waals surface area contributed by atoms with Crippen molar-refractivity contribution in [3.05, 3.63) is 42.0 Å². The Balaban J connectivity index is 2.14. The maximum Gasteiger partial charge on any atom is 0.327 e. The van der Waals surface area contributed by atoms with Crippen LogP contribution in [0.15, 0.2) is 36.4 Å². The molecule has 1 aromatic rings. The van der Waals surface area contributed by atoms with Gasteiger partial charge in [-0.2, -0.15) is 0 Å². The minimum absolute atomic E-state index is 0.0704. The van der Waals surface area contributed by atoms with E-state index in [2.05, 4.69) is 5.32 Å². The summed E-state index contributed by atoms with van der Waals surface area (Å²) in [6, 6.07) is 6.14. The van der Waals surface area contributed by atoms with E-state index in [1.165, 1.54) is 7.11 Å². The van der Waals surface area contributed by atoms with Crippen molar-refractivity contribution < 1.29 is 29.3 Å². The zero-order chi connectivity index (χ0) is 19.8. The van der Waals surface area contributed by atoms with Gasteiger partial charge in [-0.15, -0.1) is 0 Å². The highest BCUT2D eigenvalue weighted by molar-refractivity contribution is 6.09. The summed E-state index contributed by atoms with van der Waals surface area (Å²) in [5.41, 5.74) is -1.37. The van der Waals surface area contributed by atoms with E-state index in [4.69, 9.17) is 4.74 Å². The van der Waals surface area contributed by atoms with Gasteiger partial charge in [-0.1, -0.05) is 30.4 Å². The Hall–Kier alpha value is -2.71. The van der Waals surface area contributed by atoms with Gasteiger partial charge in [-0.3, -0.25) is 24.6 Å². The van der Waals surface area contributed by atoms with E-state index < -0.39 is 47.8 Å². The van der Waals surface area contributed by atoms with Crippen LogP contribution in [-0.2, 0) is 14.4 Å². The number of aliphatic carboxylic acids is 1. The van der Waals surface area contributed by atoms with E-state index in [9.17, 15) is 24.6 Å². The smallest absolute Gasteiger partial charge is 0.327 e.